The highest BCUT2D eigenvalue weighted by Crippen LogP contribution is 2.53. The average molecular weight is 238 g/mol. The van der Waals surface area contributed by atoms with Gasteiger partial charge in [-0.25, -0.2) is 0 Å². The van der Waals surface area contributed by atoms with Crippen molar-refractivity contribution in [1.29, 1.82) is 0 Å². The molecule has 0 nitrogen and oxygen atoms in total. The van der Waals surface area contributed by atoms with Gasteiger partial charge in [-0.2, -0.15) is 0 Å². The fraction of sp³-hybridized carbons (Fsp3) is 1.00. The van der Waals surface area contributed by atoms with Crippen LogP contribution >= 0.6 is 0 Å². The fourth-order valence-corrected chi connectivity index (χ4v) is 3.91. The van der Waals surface area contributed by atoms with E-state index in [2.05, 4.69) is 48.5 Å². The molecule has 1 aliphatic carbocycles. The summed E-state index contributed by atoms with van der Waals surface area (Å²) in [5.74, 6) is 2.86. The predicted molar refractivity (Wildman–Crippen MR) is 78.1 cm³/mol. The standard InChI is InChI=1S/C17H34/c1-8-17(7,9-2)12-13(3)11-16(5,6)15-10-14(15)4/h13-15H,8-12H2,1-7H3. The van der Waals surface area contributed by atoms with Crippen molar-refractivity contribution in [1.82, 2.24) is 0 Å². The Balaban J connectivity index is 2.46. The largest absolute Gasteiger partial charge is 0.0649 e. The number of hydrogen-bond acceptors (Lipinski definition) is 0. The van der Waals surface area contributed by atoms with E-state index in [0.29, 0.717) is 10.8 Å². The Kier molecular flexibility index (Phi) is 4.72. The molecule has 0 N–H and O–H groups in total. The lowest BCUT2D eigenvalue weighted by Gasteiger charge is -2.34. The summed E-state index contributed by atoms with van der Waals surface area (Å²) in [5.41, 5.74) is 1.14. The lowest BCUT2D eigenvalue weighted by Crippen LogP contribution is -2.24. The van der Waals surface area contributed by atoms with Crippen LogP contribution in [-0.2, 0) is 0 Å². The van der Waals surface area contributed by atoms with E-state index in [1.807, 2.05) is 0 Å². The topological polar surface area (TPSA) is 0 Å². The normalized spacial score (nSPS) is 27.0. The van der Waals surface area contributed by atoms with Crippen molar-refractivity contribution in [3.63, 3.8) is 0 Å². The second kappa shape index (κ2) is 5.33. The zero-order valence-corrected chi connectivity index (χ0v) is 13.3. The summed E-state index contributed by atoms with van der Waals surface area (Å²) in [5, 5.41) is 0. The van der Waals surface area contributed by atoms with Crippen LogP contribution in [0.3, 0.4) is 0 Å². The molecule has 17 heavy (non-hydrogen) atoms. The minimum absolute atomic E-state index is 0.571. The van der Waals surface area contributed by atoms with Gasteiger partial charge < -0.3 is 0 Å². The molecular weight excluding hydrogens is 204 g/mol. The van der Waals surface area contributed by atoms with Crippen molar-refractivity contribution in [2.75, 3.05) is 0 Å². The molecule has 3 unspecified atom stereocenters. The van der Waals surface area contributed by atoms with Gasteiger partial charge in [0.2, 0.25) is 0 Å². The summed E-state index contributed by atoms with van der Waals surface area (Å²) >= 11 is 0. The molecule has 3 atom stereocenters. The minimum atomic E-state index is 0.571. The quantitative estimate of drug-likeness (QED) is 0.517. The highest BCUT2D eigenvalue weighted by atomic mass is 14.5. The maximum absolute atomic E-state index is 2.49. The highest BCUT2D eigenvalue weighted by Gasteiger charge is 2.45. The van der Waals surface area contributed by atoms with E-state index in [9.17, 15) is 0 Å². The Hall–Kier alpha value is 0. The molecule has 0 bridgehead atoms. The van der Waals surface area contributed by atoms with Gasteiger partial charge in [0.15, 0.2) is 0 Å². The van der Waals surface area contributed by atoms with E-state index in [1.165, 1.54) is 32.1 Å². The second-order valence-corrected chi connectivity index (χ2v) is 7.84. The molecule has 1 rings (SSSR count). The number of rotatable bonds is 7. The fourth-order valence-electron chi connectivity index (χ4n) is 3.91. The van der Waals surface area contributed by atoms with Crippen molar-refractivity contribution in [3.05, 3.63) is 0 Å². The van der Waals surface area contributed by atoms with E-state index in [4.69, 9.17) is 0 Å². The summed E-state index contributed by atoms with van der Waals surface area (Å²) < 4.78 is 0. The van der Waals surface area contributed by atoms with Gasteiger partial charge in [0.05, 0.1) is 0 Å². The maximum atomic E-state index is 2.49. The Morgan fingerprint density at radius 1 is 1.06 bits per heavy atom. The summed E-state index contributed by atoms with van der Waals surface area (Å²) in [6.45, 7) is 17.0. The molecule has 0 heterocycles. The second-order valence-electron chi connectivity index (χ2n) is 7.84. The predicted octanol–water partition coefficient (Wildman–Crippen LogP) is 5.91. The van der Waals surface area contributed by atoms with Crippen molar-refractivity contribution in [3.8, 4) is 0 Å². The van der Waals surface area contributed by atoms with Crippen LogP contribution in [0, 0.1) is 28.6 Å². The Bertz CT molecular complexity index is 234. The van der Waals surface area contributed by atoms with Crippen molar-refractivity contribution >= 4 is 0 Å². The minimum Gasteiger partial charge on any atom is -0.0649 e. The first kappa shape index (κ1) is 15.1. The van der Waals surface area contributed by atoms with Crippen molar-refractivity contribution < 1.29 is 0 Å². The third-order valence-electron chi connectivity index (χ3n) is 5.54. The molecule has 102 valence electrons. The zero-order valence-electron chi connectivity index (χ0n) is 13.3. The molecular formula is C17H34. The molecule has 0 aromatic carbocycles. The van der Waals surface area contributed by atoms with Crippen molar-refractivity contribution in [2.24, 2.45) is 28.6 Å². The molecule has 1 saturated carbocycles. The Morgan fingerprint density at radius 2 is 1.53 bits per heavy atom. The molecule has 0 amide bonds. The molecule has 0 aromatic heterocycles. The number of hydrogen-bond donors (Lipinski definition) is 0. The molecule has 1 fully saturated rings. The van der Waals surface area contributed by atoms with Crippen LogP contribution in [0.25, 0.3) is 0 Å². The first-order valence-corrected chi connectivity index (χ1v) is 7.74. The SMILES string of the molecule is CCC(C)(CC)CC(C)CC(C)(C)C1CC1C. The van der Waals surface area contributed by atoms with Gasteiger partial charge in [-0.1, -0.05) is 61.3 Å². The highest BCUT2D eigenvalue weighted by molar-refractivity contribution is 4.94. The van der Waals surface area contributed by atoms with Gasteiger partial charge in [-0.05, 0) is 47.8 Å². The summed E-state index contributed by atoms with van der Waals surface area (Å²) in [4.78, 5) is 0. The van der Waals surface area contributed by atoms with Gasteiger partial charge in [0.1, 0.15) is 0 Å². The summed E-state index contributed by atoms with van der Waals surface area (Å²) in [6.07, 6.45) is 6.95. The summed E-state index contributed by atoms with van der Waals surface area (Å²) in [6, 6.07) is 0. The van der Waals surface area contributed by atoms with Crippen LogP contribution in [0.15, 0.2) is 0 Å². The van der Waals surface area contributed by atoms with Gasteiger partial charge in [0.25, 0.3) is 0 Å². The smallest absolute Gasteiger partial charge is 0.0321 e. The maximum Gasteiger partial charge on any atom is -0.0321 e. The molecule has 1 aliphatic rings. The average Bonchev–Trinajstić information content (AvgIpc) is 2.95. The van der Waals surface area contributed by atoms with Gasteiger partial charge in [-0.15, -0.1) is 0 Å². The van der Waals surface area contributed by atoms with E-state index in [1.54, 1.807) is 0 Å². The van der Waals surface area contributed by atoms with Crippen molar-refractivity contribution in [2.45, 2.75) is 80.6 Å². The van der Waals surface area contributed by atoms with Crippen LogP contribution in [0.4, 0.5) is 0 Å². The third-order valence-corrected chi connectivity index (χ3v) is 5.54. The van der Waals surface area contributed by atoms with Crippen LogP contribution in [0.1, 0.15) is 80.6 Å². The van der Waals surface area contributed by atoms with Gasteiger partial charge in [-0.3, -0.25) is 0 Å². The molecule has 0 heteroatoms. The van der Waals surface area contributed by atoms with Crippen LogP contribution < -0.4 is 0 Å². The molecule has 0 aliphatic heterocycles. The molecule has 0 radical (unpaired) electrons. The van der Waals surface area contributed by atoms with E-state index < -0.39 is 0 Å². The van der Waals surface area contributed by atoms with Crippen LogP contribution in [0.2, 0.25) is 0 Å². The van der Waals surface area contributed by atoms with E-state index in [0.717, 1.165) is 17.8 Å². The zero-order chi connectivity index (χ0) is 13.3. The molecule has 0 aromatic rings. The summed E-state index contributed by atoms with van der Waals surface area (Å²) in [7, 11) is 0. The molecule has 0 spiro atoms. The first-order valence-electron chi connectivity index (χ1n) is 7.74. The van der Waals surface area contributed by atoms with Crippen LogP contribution in [0.5, 0.6) is 0 Å². The first-order chi connectivity index (χ1) is 7.74. The lowest BCUT2D eigenvalue weighted by molar-refractivity contribution is 0.164. The van der Waals surface area contributed by atoms with E-state index >= 15 is 0 Å². The third kappa shape index (κ3) is 4.00. The van der Waals surface area contributed by atoms with Gasteiger partial charge >= 0.3 is 0 Å². The lowest BCUT2D eigenvalue weighted by atomic mass is 9.71. The van der Waals surface area contributed by atoms with E-state index in [-0.39, 0.29) is 0 Å². The van der Waals surface area contributed by atoms with Gasteiger partial charge in [0, 0.05) is 0 Å². The Labute approximate surface area is 110 Å². The monoisotopic (exact) mass is 238 g/mol. The molecule has 0 saturated heterocycles. The Morgan fingerprint density at radius 3 is 1.88 bits per heavy atom. The van der Waals surface area contributed by atoms with Crippen LogP contribution in [-0.4, -0.2) is 0 Å².